The third-order valence-corrected chi connectivity index (χ3v) is 3.02. The lowest BCUT2D eigenvalue weighted by atomic mass is 10.1. The number of ether oxygens (including phenoxy) is 1. The molecular formula is C14H18N2O5. The summed E-state index contributed by atoms with van der Waals surface area (Å²) >= 11 is 0. The molecule has 0 spiro atoms. The van der Waals surface area contributed by atoms with Crippen molar-refractivity contribution in [2.75, 3.05) is 20.7 Å². The second kappa shape index (κ2) is 6.83. The quantitative estimate of drug-likeness (QED) is 0.469. The molecule has 7 nitrogen and oxygen atoms in total. The molecule has 0 bridgehead atoms. The van der Waals surface area contributed by atoms with Crippen molar-refractivity contribution in [2.24, 2.45) is 5.92 Å². The van der Waals surface area contributed by atoms with Gasteiger partial charge in [0.15, 0.2) is 0 Å². The van der Waals surface area contributed by atoms with Crippen LogP contribution in [0.1, 0.15) is 22.8 Å². The van der Waals surface area contributed by atoms with Gasteiger partial charge in [0.2, 0.25) is 0 Å². The Morgan fingerprint density at radius 2 is 2.00 bits per heavy atom. The number of nitro benzene ring substituents is 1. The standard InChI is InChI=1S/C14H18N2O5/c1-9-5-11(7-12(6-9)16(19)20)13(17)15(3)8-10(2)14(18)21-4/h5-7,10H,8H2,1-4H3. The van der Waals surface area contributed by atoms with Gasteiger partial charge >= 0.3 is 5.97 Å². The Bertz CT molecular complexity index is 570. The number of nitrogens with zero attached hydrogens (tertiary/aromatic N) is 2. The van der Waals surface area contributed by atoms with Crippen LogP contribution in [0, 0.1) is 23.0 Å². The number of carbonyl (C=O) groups is 2. The lowest BCUT2D eigenvalue weighted by molar-refractivity contribution is -0.384. The van der Waals surface area contributed by atoms with Crippen molar-refractivity contribution in [3.05, 3.63) is 39.4 Å². The van der Waals surface area contributed by atoms with Crippen molar-refractivity contribution in [1.29, 1.82) is 0 Å². The monoisotopic (exact) mass is 294 g/mol. The maximum Gasteiger partial charge on any atom is 0.310 e. The molecule has 0 aliphatic rings. The number of rotatable bonds is 5. The zero-order chi connectivity index (χ0) is 16.2. The summed E-state index contributed by atoms with van der Waals surface area (Å²) in [5, 5.41) is 10.8. The number of hydrogen-bond donors (Lipinski definition) is 0. The van der Waals surface area contributed by atoms with Gasteiger partial charge in [-0.1, -0.05) is 6.92 Å². The Morgan fingerprint density at radius 1 is 1.38 bits per heavy atom. The van der Waals surface area contributed by atoms with Gasteiger partial charge in [-0.15, -0.1) is 0 Å². The molecule has 0 saturated carbocycles. The molecule has 1 rings (SSSR count). The van der Waals surface area contributed by atoms with Crippen LogP contribution in [0.3, 0.4) is 0 Å². The summed E-state index contributed by atoms with van der Waals surface area (Å²) in [6.45, 7) is 3.50. The molecule has 0 heterocycles. The van der Waals surface area contributed by atoms with Crippen molar-refractivity contribution in [2.45, 2.75) is 13.8 Å². The fraction of sp³-hybridized carbons (Fsp3) is 0.429. The van der Waals surface area contributed by atoms with Crippen molar-refractivity contribution in [3.8, 4) is 0 Å². The van der Waals surface area contributed by atoms with Crippen molar-refractivity contribution in [1.82, 2.24) is 4.90 Å². The first-order chi connectivity index (χ1) is 9.76. The van der Waals surface area contributed by atoms with E-state index in [1.807, 2.05) is 0 Å². The smallest absolute Gasteiger partial charge is 0.310 e. The van der Waals surface area contributed by atoms with Gasteiger partial charge in [-0.25, -0.2) is 0 Å². The van der Waals surface area contributed by atoms with Crippen LogP contribution in [0.5, 0.6) is 0 Å². The van der Waals surface area contributed by atoms with Gasteiger partial charge in [-0.2, -0.15) is 0 Å². The minimum Gasteiger partial charge on any atom is -0.469 e. The zero-order valence-corrected chi connectivity index (χ0v) is 12.5. The van der Waals surface area contributed by atoms with E-state index < -0.39 is 16.8 Å². The molecule has 0 aromatic heterocycles. The molecule has 0 aliphatic heterocycles. The predicted molar refractivity (Wildman–Crippen MR) is 76.0 cm³/mol. The predicted octanol–water partition coefficient (Wildman–Crippen LogP) is 1.78. The first-order valence-electron chi connectivity index (χ1n) is 6.35. The van der Waals surface area contributed by atoms with Gasteiger partial charge < -0.3 is 9.64 Å². The second-order valence-electron chi connectivity index (χ2n) is 4.92. The number of methoxy groups -OCH3 is 1. The summed E-state index contributed by atoms with van der Waals surface area (Å²) in [6, 6.07) is 4.21. The van der Waals surface area contributed by atoms with Crippen LogP contribution in [0.25, 0.3) is 0 Å². The van der Waals surface area contributed by atoms with E-state index in [1.165, 1.54) is 31.2 Å². The lowest BCUT2D eigenvalue weighted by Gasteiger charge is -2.20. The second-order valence-corrected chi connectivity index (χ2v) is 4.92. The Hall–Kier alpha value is -2.44. The molecule has 0 saturated heterocycles. The number of benzene rings is 1. The van der Waals surface area contributed by atoms with Crippen molar-refractivity contribution >= 4 is 17.6 Å². The van der Waals surface area contributed by atoms with Gasteiger partial charge in [0.05, 0.1) is 18.0 Å². The highest BCUT2D eigenvalue weighted by Gasteiger charge is 2.21. The van der Waals surface area contributed by atoms with E-state index in [9.17, 15) is 19.7 Å². The average molecular weight is 294 g/mol. The van der Waals surface area contributed by atoms with E-state index in [0.29, 0.717) is 5.56 Å². The third kappa shape index (κ3) is 4.27. The normalized spacial score (nSPS) is 11.6. The molecule has 0 aliphatic carbocycles. The number of aryl methyl sites for hydroxylation is 1. The van der Waals surface area contributed by atoms with Crippen LogP contribution in [0.2, 0.25) is 0 Å². The topological polar surface area (TPSA) is 89.8 Å². The molecule has 7 heteroatoms. The average Bonchev–Trinajstić information content (AvgIpc) is 2.44. The summed E-state index contributed by atoms with van der Waals surface area (Å²) in [4.78, 5) is 35.3. The number of hydrogen-bond acceptors (Lipinski definition) is 5. The fourth-order valence-corrected chi connectivity index (χ4v) is 1.98. The van der Waals surface area contributed by atoms with Gasteiger partial charge in [0.1, 0.15) is 0 Å². The number of non-ortho nitro benzene ring substituents is 1. The third-order valence-electron chi connectivity index (χ3n) is 3.02. The zero-order valence-electron chi connectivity index (χ0n) is 12.5. The fourth-order valence-electron chi connectivity index (χ4n) is 1.98. The van der Waals surface area contributed by atoms with Crippen LogP contribution >= 0.6 is 0 Å². The summed E-state index contributed by atoms with van der Waals surface area (Å²) in [5.41, 5.74) is 0.719. The Morgan fingerprint density at radius 3 is 2.52 bits per heavy atom. The van der Waals surface area contributed by atoms with Gasteiger partial charge in [0, 0.05) is 31.3 Å². The molecular weight excluding hydrogens is 276 g/mol. The van der Waals surface area contributed by atoms with Crippen LogP contribution in [-0.4, -0.2) is 42.4 Å². The summed E-state index contributed by atoms with van der Waals surface area (Å²) in [6.07, 6.45) is 0. The lowest BCUT2D eigenvalue weighted by Crippen LogP contribution is -2.34. The molecule has 1 atom stereocenters. The molecule has 0 fully saturated rings. The van der Waals surface area contributed by atoms with E-state index >= 15 is 0 Å². The molecule has 21 heavy (non-hydrogen) atoms. The molecule has 0 N–H and O–H groups in total. The number of nitro groups is 1. The van der Waals surface area contributed by atoms with E-state index in [1.54, 1.807) is 19.9 Å². The summed E-state index contributed by atoms with van der Waals surface area (Å²) in [5.74, 6) is -1.26. The molecule has 114 valence electrons. The highest BCUT2D eigenvalue weighted by molar-refractivity contribution is 5.95. The minimum absolute atomic E-state index is 0.132. The van der Waals surface area contributed by atoms with Gasteiger partial charge in [0.25, 0.3) is 11.6 Å². The largest absolute Gasteiger partial charge is 0.469 e. The summed E-state index contributed by atoms with van der Waals surface area (Å²) < 4.78 is 4.60. The minimum atomic E-state index is -0.541. The van der Waals surface area contributed by atoms with E-state index in [-0.39, 0.29) is 23.7 Å². The number of esters is 1. The Balaban J connectivity index is 2.92. The molecule has 1 amide bonds. The Labute approximate surface area is 122 Å². The van der Waals surface area contributed by atoms with Gasteiger partial charge in [-0.3, -0.25) is 19.7 Å². The Kier molecular flexibility index (Phi) is 5.40. The van der Waals surface area contributed by atoms with Crippen LogP contribution in [0.15, 0.2) is 18.2 Å². The first-order valence-corrected chi connectivity index (χ1v) is 6.35. The van der Waals surface area contributed by atoms with E-state index in [4.69, 9.17) is 0 Å². The first kappa shape index (κ1) is 16.6. The van der Waals surface area contributed by atoms with Crippen LogP contribution in [-0.2, 0) is 9.53 Å². The maximum atomic E-state index is 12.3. The highest BCUT2D eigenvalue weighted by atomic mass is 16.6. The SMILES string of the molecule is COC(=O)C(C)CN(C)C(=O)c1cc(C)cc([N+](=O)[O-])c1. The molecule has 1 aromatic carbocycles. The number of amides is 1. The van der Waals surface area contributed by atoms with Crippen LogP contribution in [0.4, 0.5) is 5.69 Å². The van der Waals surface area contributed by atoms with Crippen molar-refractivity contribution in [3.63, 3.8) is 0 Å². The maximum absolute atomic E-state index is 12.3. The summed E-state index contributed by atoms with van der Waals surface area (Å²) in [7, 11) is 2.82. The van der Waals surface area contributed by atoms with Crippen molar-refractivity contribution < 1.29 is 19.2 Å². The van der Waals surface area contributed by atoms with Crippen LogP contribution < -0.4 is 0 Å². The molecule has 1 unspecified atom stereocenters. The van der Waals surface area contributed by atoms with E-state index in [2.05, 4.69) is 4.74 Å². The number of carbonyl (C=O) groups excluding carboxylic acids is 2. The molecule has 0 radical (unpaired) electrons. The van der Waals surface area contributed by atoms with Gasteiger partial charge in [-0.05, 0) is 18.6 Å². The molecule has 1 aromatic rings. The van der Waals surface area contributed by atoms with E-state index in [0.717, 1.165) is 0 Å². The highest BCUT2D eigenvalue weighted by Crippen LogP contribution is 2.18.